The van der Waals surface area contributed by atoms with Crippen LogP contribution in [-0.2, 0) is 11.3 Å². The molecule has 0 spiro atoms. The minimum atomic E-state index is -0.484. The molecule has 1 aromatic rings. The third-order valence-electron chi connectivity index (χ3n) is 3.97. The van der Waals surface area contributed by atoms with Crippen LogP contribution in [0.3, 0.4) is 0 Å². The van der Waals surface area contributed by atoms with Crippen LogP contribution in [0.25, 0.3) is 0 Å². The second-order valence-corrected chi connectivity index (χ2v) is 5.76. The summed E-state index contributed by atoms with van der Waals surface area (Å²) >= 11 is 0. The molecule has 0 aliphatic heterocycles. The van der Waals surface area contributed by atoms with E-state index in [4.69, 9.17) is 0 Å². The van der Waals surface area contributed by atoms with Crippen LogP contribution < -0.4 is 5.32 Å². The number of aliphatic hydroxyl groups is 1. The molecule has 2 unspecified atom stereocenters. The van der Waals surface area contributed by atoms with Crippen molar-refractivity contribution in [2.75, 3.05) is 20.1 Å². The summed E-state index contributed by atoms with van der Waals surface area (Å²) in [6.45, 7) is 1.98. The van der Waals surface area contributed by atoms with Gasteiger partial charge in [0, 0.05) is 19.6 Å². The Morgan fingerprint density at radius 1 is 1.38 bits per heavy atom. The molecule has 5 heteroatoms. The number of amides is 1. The monoisotopic (exact) mass is 294 g/mol. The predicted octanol–water partition coefficient (Wildman–Crippen LogP) is 1.53. The summed E-state index contributed by atoms with van der Waals surface area (Å²) in [7, 11) is 1.96. The zero-order valence-corrected chi connectivity index (χ0v) is 12.4. The van der Waals surface area contributed by atoms with Gasteiger partial charge >= 0.3 is 0 Å². The average Bonchev–Trinajstić information content (AvgIpc) is 2.87. The highest BCUT2D eigenvalue weighted by molar-refractivity contribution is 5.79. The molecule has 0 aromatic heterocycles. The van der Waals surface area contributed by atoms with E-state index in [1.807, 2.05) is 7.05 Å². The van der Waals surface area contributed by atoms with E-state index in [2.05, 4.69) is 10.2 Å². The maximum atomic E-state index is 12.8. The lowest BCUT2D eigenvalue weighted by molar-refractivity contribution is -0.127. The normalized spacial score (nSPS) is 21.7. The molecule has 1 fully saturated rings. The molecular weight excluding hydrogens is 271 g/mol. The van der Waals surface area contributed by atoms with Gasteiger partial charge in [-0.3, -0.25) is 4.79 Å². The molecule has 2 N–H and O–H groups in total. The van der Waals surface area contributed by atoms with Crippen LogP contribution in [-0.4, -0.2) is 42.2 Å². The second kappa shape index (κ2) is 7.52. The molecule has 0 bridgehead atoms. The Balaban J connectivity index is 1.68. The van der Waals surface area contributed by atoms with E-state index in [9.17, 15) is 14.3 Å². The highest BCUT2D eigenvalue weighted by atomic mass is 19.1. The Hall–Kier alpha value is -1.46. The number of carbonyl (C=O) groups is 1. The van der Waals surface area contributed by atoms with Gasteiger partial charge in [0.15, 0.2) is 0 Å². The van der Waals surface area contributed by atoms with Gasteiger partial charge < -0.3 is 15.3 Å². The van der Waals surface area contributed by atoms with Crippen molar-refractivity contribution < 1.29 is 14.3 Å². The quantitative estimate of drug-likeness (QED) is 0.837. The predicted molar refractivity (Wildman–Crippen MR) is 79.1 cm³/mol. The van der Waals surface area contributed by atoms with E-state index in [1.165, 1.54) is 12.1 Å². The van der Waals surface area contributed by atoms with Crippen LogP contribution in [0.5, 0.6) is 0 Å². The van der Waals surface area contributed by atoms with E-state index in [0.29, 0.717) is 19.6 Å². The van der Waals surface area contributed by atoms with Gasteiger partial charge in [-0.1, -0.05) is 12.1 Å². The minimum Gasteiger partial charge on any atom is -0.392 e. The number of benzene rings is 1. The van der Waals surface area contributed by atoms with Gasteiger partial charge in [-0.15, -0.1) is 0 Å². The van der Waals surface area contributed by atoms with Crippen molar-refractivity contribution >= 4 is 5.91 Å². The smallest absolute Gasteiger partial charge is 0.225 e. The van der Waals surface area contributed by atoms with Gasteiger partial charge in [0.25, 0.3) is 0 Å². The maximum Gasteiger partial charge on any atom is 0.225 e. The van der Waals surface area contributed by atoms with Crippen LogP contribution >= 0.6 is 0 Å². The molecule has 1 aromatic carbocycles. The summed E-state index contributed by atoms with van der Waals surface area (Å²) in [5, 5.41) is 12.6. The number of nitrogens with zero attached hydrogens (tertiary/aromatic N) is 1. The number of aliphatic hydroxyl groups excluding tert-OH is 1. The molecule has 2 atom stereocenters. The fourth-order valence-electron chi connectivity index (χ4n) is 2.73. The van der Waals surface area contributed by atoms with Crippen LogP contribution in [0.4, 0.5) is 4.39 Å². The van der Waals surface area contributed by atoms with Gasteiger partial charge in [0.2, 0.25) is 5.91 Å². The standard InChI is InChI=1S/C16H23FN2O2/c1-19(11-12-5-7-13(17)8-6-12)10-9-18-16(21)14-3-2-4-15(14)20/h5-8,14-15,20H,2-4,9-11H2,1H3,(H,18,21). The highest BCUT2D eigenvalue weighted by Crippen LogP contribution is 2.25. The first-order valence-corrected chi connectivity index (χ1v) is 7.45. The lowest BCUT2D eigenvalue weighted by atomic mass is 10.1. The Bertz CT molecular complexity index is 464. The van der Waals surface area contributed by atoms with Gasteiger partial charge in [-0.2, -0.15) is 0 Å². The fourth-order valence-corrected chi connectivity index (χ4v) is 2.73. The van der Waals surface area contributed by atoms with Crippen molar-refractivity contribution in [3.63, 3.8) is 0 Å². The molecule has 0 heterocycles. The average molecular weight is 294 g/mol. The number of nitrogens with one attached hydrogen (secondary N) is 1. The summed E-state index contributed by atoms with van der Waals surface area (Å²) in [4.78, 5) is 14.0. The van der Waals surface area contributed by atoms with E-state index in [-0.39, 0.29) is 17.6 Å². The lowest BCUT2D eigenvalue weighted by Gasteiger charge is -2.19. The largest absolute Gasteiger partial charge is 0.392 e. The fraction of sp³-hybridized carbons (Fsp3) is 0.562. The number of carbonyl (C=O) groups excluding carboxylic acids is 1. The minimum absolute atomic E-state index is 0.0461. The Morgan fingerprint density at radius 2 is 2.10 bits per heavy atom. The summed E-state index contributed by atoms with van der Waals surface area (Å²) in [6, 6.07) is 6.43. The highest BCUT2D eigenvalue weighted by Gasteiger charge is 2.30. The molecule has 0 radical (unpaired) electrons. The molecule has 1 aliphatic rings. The molecule has 2 rings (SSSR count). The molecule has 1 aliphatic carbocycles. The Morgan fingerprint density at radius 3 is 2.71 bits per heavy atom. The van der Waals surface area contributed by atoms with E-state index in [1.54, 1.807) is 12.1 Å². The Labute approximate surface area is 125 Å². The zero-order chi connectivity index (χ0) is 15.2. The number of rotatable bonds is 6. The number of hydrogen-bond acceptors (Lipinski definition) is 3. The molecule has 1 amide bonds. The third kappa shape index (κ3) is 4.79. The number of likely N-dealkylation sites (N-methyl/N-ethyl adjacent to an activating group) is 1. The van der Waals surface area contributed by atoms with Crippen molar-refractivity contribution in [2.24, 2.45) is 5.92 Å². The third-order valence-corrected chi connectivity index (χ3v) is 3.97. The van der Waals surface area contributed by atoms with Gasteiger partial charge in [-0.05, 0) is 44.0 Å². The molecular formula is C16H23FN2O2. The SMILES string of the molecule is CN(CCNC(=O)C1CCCC1O)Cc1ccc(F)cc1. The number of halogens is 1. The lowest BCUT2D eigenvalue weighted by Crippen LogP contribution is -2.38. The second-order valence-electron chi connectivity index (χ2n) is 5.76. The van der Waals surface area contributed by atoms with Crippen molar-refractivity contribution in [2.45, 2.75) is 31.9 Å². The first-order valence-electron chi connectivity index (χ1n) is 7.45. The van der Waals surface area contributed by atoms with Crippen molar-refractivity contribution in [3.05, 3.63) is 35.6 Å². The van der Waals surface area contributed by atoms with E-state index < -0.39 is 6.10 Å². The zero-order valence-electron chi connectivity index (χ0n) is 12.4. The van der Waals surface area contributed by atoms with Crippen molar-refractivity contribution in [1.29, 1.82) is 0 Å². The van der Waals surface area contributed by atoms with Crippen molar-refractivity contribution in [3.8, 4) is 0 Å². The first-order chi connectivity index (χ1) is 10.1. The van der Waals surface area contributed by atoms with Gasteiger partial charge in [0.1, 0.15) is 5.82 Å². The van der Waals surface area contributed by atoms with Crippen LogP contribution in [0, 0.1) is 11.7 Å². The number of hydrogen-bond donors (Lipinski definition) is 2. The summed E-state index contributed by atoms with van der Waals surface area (Å²) < 4.78 is 12.8. The first kappa shape index (κ1) is 15.9. The topological polar surface area (TPSA) is 52.6 Å². The van der Waals surface area contributed by atoms with E-state index >= 15 is 0 Å². The van der Waals surface area contributed by atoms with Crippen LogP contribution in [0.2, 0.25) is 0 Å². The van der Waals surface area contributed by atoms with Crippen LogP contribution in [0.1, 0.15) is 24.8 Å². The maximum absolute atomic E-state index is 12.8. The summed E-state index contributed by atoms with van der Waals surface area (Å²) in [5.74, 6) is -0.522. The van der Waals surface area contributed by atoms with Crippen LogP contribution in [0.15, 0.2) is 24.3 Å². The van der Waals surface area contributed by atoms with Crippen molar-refractivity contribution in [1.82, 2.24) is 10.2 Å². The molecule has 21 heavy (non-hydrogen) atoms. The summed E-state index contributed by atoms with van der Waals surface area (Å²) in [6.07, 6.45) is 1.94. The van der Waals surface area contributed by atoms with E-state index in [0.717, 1.165) is 24.8 Å². The van der Waals surface area contributed by atoms with Gasteiger partial charge in [0.05, 0.1) is 12.0 Å². The molecule has 4 nitrogen and oxygen atoms in total. The summed E-state index contributed by atoms with van der Waals surface area (Å²) in [5.41, 5.74) is 1.04. The molecule has 0 saturated heterocycles. The molecule has 1 saturated carbocycles. The molecule has 116 valence electrons. The Kier molecular flexibility index (Phi) is 5.70. The van der Waals surface area contributed by atoms with Gasteiger partial charge in [-0.25, -0.2) is 4.39 Å².